The molecule has 1 fully saturated rings. The first kappa shape index (κ1) is 17.3. The molecule has 0 aromatic heterocycles. The van der Waals surface area contributed by atoms with Gasteiger partial charge in [-0.2, -0.15) is 0 Å². The van der Waals surface area contributed by atoms with Crippen molar-refractivity contribution in [3.63, 3.8) is 0 Å². The Hall–Kier alpha value is -0.780. The summed E-state index contributed by atoms with van der Waals surface area (Å²) in [5.41, 5.74) is 0.699. The van der Waals surface area contributed by atoms with Crippen LogP contribution in [0.25, 0.3) is 0 Å². The fourth-order valence-electron chi connectivity index (χ4n) is 2.38. The molecule has 20 heavy (non-hydrogen) atoms. The second kappa shape index (κ2) is 7.86. The highest BCUT2D eigenvalue weighted by molar-refractivity contribution is 9.10. The van der Waals surface area contributed by atoms with E-state index in [-0.39, 0.29) is 18.3 Å². The summed E-state index contributed by atoms with van der Waals surface area (Å²) in [6.07, 6.45) is 2.18. The summed E-state index contributed by atoms with van der Waals surface area (Å²) in [5, 5.41) is 3.25. The van der Waals surface area contributed by atoms with Crippen LogP contribution in [0.3, 0.4) is 0 Å². The van der Waals surface area contributed by atoms with Crippen LogP contribution in [0.1, 0.15) is 23.2 Å². The minimum Gasteiger partial charge on any atom is -0.496 e. The molecule has 1 aliphatic heterocycles. The molecule has 2 rings (SSSR count). The molecule has 0 aliphatic carbocycles. The molecule has 1 N–H and O–H groups in total. The number of piperidine rings is 1. The average molecular weight is 364 g/mol. The number of nitrogens with zero attached hydrogens (tertiary/aromatic N) is 1. The van der Waals surface area contributed by atoms with Crippen LogP contribution in [0, 0.1) is 0 Å². The number of methoxy groups -OCH3 is 1. The molecule has 1 aliphatic rings. The molecule has 6 heteroatoms. The van der Waals surface area contributed by atoms with E-state index in [1.165, 1.54) is 0 Å². The van der Waals surface area contributed by atoms with Crippen LogP contribution >= 0.6 is 28.3 Å². The molecule has 112 valence electrons. The maximum Gasteiger partial charge on any atom is 0.253 e. The van der Waals surface area contributed by atoms with E-state index in [1.807, 2.05) is 30.1 Å². The molecule has 1 saturated heterocycles. The van der Waals surface area contributed by atoms with Crippen molar-refractivity contribution < 1.29 is 9.53 Å². The zero-order valence-electron chi connectivity index (χ0n) is 11.7. The second-order valence-corrected chi connectivity index (χ2v) is 5.58. The van der Waals surface area contributed by atoms with E-state index < -0.39 is 0 Å². The largest absolute Gasteiger partial charge is 0.496 e. The molecular weight excluding hydrogens is 344 g/mol. The average Bonchev–Trinajstić information content (AvgIpc) is 2.46. The SMILES string of the molecule is CNC1CCCN(C(=O)c2ccc(OC)c(Br)c2)C1.Cl. The molecule has 4 nitrogen and oxygen atoms in total. The zero-order valence-corrected chi connectivity index (χ0v) is 14.1. The predicted molar refractivity (Wildman–Crippen MR) is 85.9 cm³/mol. The third-order valence-electron chi connectivity index (χ3n) is 3.52. The van der Waals surface area contributed by atoms with Crippen LogP contribution in [0.4, 0.5) is 0 Å². The minimum absolute atomic E-state index is 0. The van der Waals surface area contributed by atoms with Crippen LogP contribution in [-0.2, 0) is 0 Å². The number of carbonyl (C=O) groups is 1. The van der Waals surface area contributed by atoms with Gasteiger partial charge in [-0.1, -0.05) is 0 Å². The lowest BCUT2D eigenvalue weighted by molar-refractivity contribution is 0.0698. The predicted octanol–water partition coefficient (Wildman–Crippen LogP) is 2.70. The smallest absolute Gasteiger partial charge is 0.253 e. The van der Waals surface area contributed by atoms with Crippen LogP contribution in [-0.4, -0.2) is 44.1 Å². The lowest BCUT2D eigenvalue weighted by Gasteiger charge is -2.32. The Labute approximate surface area is 134 Å². The molecule has 0 saturated carbocycles. The molecule has 0 spiro atoms. The van der Waals surface area contributed by atoms with E-state index in [0.717, 1.165) is 36.2 Å². The summed E-state index contributed by atoms with van der Waals surface area (Å²) in [7, 11) is 3.56. The summed E-state index contributed by atoms with van der Waals surface area (Å²) < 4.78 is 5.99. The number of likely N-dealkylation sites (N-methyl/N-ethyl adjacent to an activating group) is 1. The van der Waals surface area contributed by atoms with Gasteiger partial charge >= 0.3 is 0 Å². The molecule has 0 bridgehead atoms. The number of amides is 1. The summed E-state index contributed by atoms with van der Waals surface area (Å²) in [6.45, 7) is 1.61. The Morgan fingerprint density at radius 2 is 2.25 bits per heavy atom. The van der Waals surface area contributed by atoms with Gasteiger partial charge in [0.15, 0.2) is 0 Å². The topological polar surface area (TPSA) is 41.6 Å². The van der Waals surface area contributed by atoms with Crippen molar-refractivity contribution in [2.75, 3.05) is 27.2 Å². The highest BCUT2D eigenvalue weighted by Crippen LogP contribution is 2.26. The van der Waals surface area contributed by atoms with Crippen LogP contribution < -0.4 is 10.1 Å². The lowest BCUT2D eigenvalue weighted by Crippen LogP contribution is -2.46. The number of carbonyl (C=O) groups excluding carboxylic acids is 1. The molecule has 1 unspecified atom stereocenters. The molecule has 1 atom stereocenters. The van der Waals surface area contributed by atoms with Gasteiger partial charge in [0, 0.05) is 24.7 Å². The second-order valence-electron chi connectivity index (χ2n) is 4.73. The fraction of sp³-hybridized carbons (Fsp3) is 0.500. The van der Waals surface area contributed by atoms with E-state index >= 15 is 0 Å². The first-order valence-electron chi connectivity index (χ1n) is 6.45. The number of rotatable bonds is 3. The monoisotopic (exact) mass is 362 g/mol. The maximum absolute atomic E-state index is 12.4. The van der Waals surface area contributed by atoms with Crippen molar-refractivity contribution in [1.29, 1.82) is 0 Å². The number of hydrogen-bond acceptors (Lipinski definition) is 3. The van der Waals surface area contributed by atoms with Crippen LogP contribution in [0.2, 0.25) is 0 Å². The third-order valence-corrected chi connectivity index (χ3v) is 4.14. The summed E-state index contributed by atoms with van der Waals surface area (Å²) in [4.78, 5) is 14.4. The van der Waals surface area contributed by atoms with Gasteiger partial charge in [-0.25, -0.2) is 0 Å². The Kier molecular flexibility index (Phi) is 6.79. The van der Waals surface area contributed by atoms with E-state index in [2.05, 4.69) is 21.2 Å². The van der Waals surface area contributed by atoms with E-state index in [9.17, 15) is 4.79 Å². The maximum atomic E-state index is 12.4. The molecule has 1 aromatic rings. The molecular formula is C14H20BrClN2O2. The summed E-state index contributed by atoms with van der Waals surface area (Å²) >= 11 is 3.42. The van der Waals surface area contributed by atoms with Gasteiger partial charge in [-0.15, -0.1) is 12.4 Å². The molecule has 1 heterocycles. The van der Waals surface area contributed by atoms with Crippen molar-refractivity contribution in [1.82, 2.24) is 10.2 Å². The van der Waals surface area contributed by atoms with Crippen molar-refractivity contribution in [2.24, 2.45) is 0 Å². The molecule has 1 amide bonds. The highest BCUT2D eigenvalue weighted by atomic mass is 79.9. The Morgan fingerprint density at radius 1 is 1.50 bits per heavy atom. The molecule has 1 aromatic carbocycles. The number of hydrogen-bond donors (Lipinski definition) is 1. The van der Waals surface area contributed by atoms with Gasteiger partial charge < -0.3 is 15.0 Å². The van der Waals surface area contributed by atoms with E-state index in [4.69, 9.17) is 4.74 Å². The Bertz CT molecular complexity index is 470. The normalized spacial score (nSPS) is 18.4. The Balaban J connectivity index is 0.00000200. The van der Waals surface area contributed by atoms with Gasteiger partial charge in [0.1, 0.15) is 5.75 Å². The van der Waals surface area contributed by atoms with E-state index in [0.29, 0.717) is 11.6 Å². The summed E-state index contributed by atoms with van der Waals surface area (Å²) in [5.74, 6) is 0.826. The number of nitrogens with one attached hydrogen (secondary N) is 1. The third kappa shape index (κ3) is 3.87. The van der Waals surface area contributed by atoms with Crippen molar-refractivity contribution >= 4 is 34.2 Å². The van der Waals surface area contributed by atoms with Crippen molar-refractivity contribution in [3.8, 4) is 5.75 Å². The lowest BCUT2D eigenvalue weighted by atomic mass is 10.0. The van der Waals surface area contributed by atoms with Gasteiger partial charge in [-0.05, 0) is 54.0 Å². The first-order valence-corrected chi connectivity index (χ1v) is 7.25. The number of halogens is 2. The van der Waals surface area contributed by atoms with Gasteiger partial charge in [0.05, 0.1) is 11.6 Å². The van der Waals surface area contributed by atoms with Gasteiger partial charge in [0.2, 0.25) is 0 Å². The summed E-state index contributed by atoms with van der Waals surface area (Å²) in [6, 6.07) is 5.86. The number of benzene rings is 1. The van der Waals surface area contributed by atoms with Gasteiger partial charge in [-0.3, -0.25) is 4.79 Å². The Morgan fingerprint density at radius 3 is 2.85 bits per heavy atom. The van der Waals surface area contributed by atoms with Crippen LogP contribution in [0.5, 0.6) is 5.75 Å². The van der Waals surface area contributed by atoms with Crippen molar-refractivity contribution in [3.05, 3.63) is 28.2 Å². The van der Waals surface area contributed by atoms with Crippen molar-refractivity contribution in [2.45, 2.75) is 18.9 Å². The molecule has 0 radical (unpaired) electrons. The quantitative estimate of drug-likeness (QED) is 0.898. The van der Waals surface area contributed by atoms with E-state index in [1.54, 1.807) is 7.11 Å². The zero-order chi connectivity index (χ0) is 13.8. The standard InChI is InChI=1S/C14H19BrN2O2.ClH/c1-16-11-4-3-7-17(9-11)14(18)10-5-6-13(19-2)12(15)8-10;/h5-6,8,11,16H,3-4,7,9H2,1-2H3;1H. The van der Waals surface area contributed by atoms with Crippen LogP contribution in [0.15, 0.2) is 22.7 Å². The first-order chi connectivity index (χ1) is 9.15. The van der Waals surface area contributed by atoms with Gasteiger partial charge in [0.25, 0.3) is 5.91 Å². The minimum atomic E-state index is 0. The highest BCUT2D eigenvalue weighted by Gasteiger charge is 2.23. The number of ether oxygens (including phenoxy) is 1. The fourth-order valence-corrected chi connectivity index (χ4v) is 2.92. The number of likely N-dealkylation sites (tertiary alicyclic amines) is 1.